The molecule has 2 aliphatic rings. The fraction of sp³-hybridized carbons (Fsp3) is 0.667. The van der Waals surface area contributed by atoms with Gasteiger partial charge in [0.15, 0.2) is 29.5 Å². The number of sulfone groups is 3. The van der Waals surface area contributed by atoms with E-state index in [1.165, 1.54) is 12.1 Å². The van der Waals surface area contributed by atoms with Crippen LogP contribution in [0.4, 0.5) is 0 Å². The standard InChI is InChI=1S/C12H16ClNO6S4/c13-11-1-2-12(21-11)24(19,20)10-7-23(17,18)6-9(10)14-8-3-4-22(15,16)5-8/h1-2,8-10,14H,3-7H2/t8?,9-,10-/m0/s1. The summed E-state index contributed by atoms with van der Waals surface area (Å²) in [5, 5.41) is 1.82. The van der Waals surface area contributed by atoms with Crippen molar-refractivity contribution in [3.63, 3.8) is 0 Å². The molecule has 0 radical (unpaired) electrons. The second kappa shape index (κ2) is 6.20. The van der Waals surface area contributed by atoms with Crippen LogP contribution >= 0.6 is 22.9 Å². The van der Waals surface area contributed by atoms with Gasteiger partial charge >= 0.3 is 0 Å². The van der Waals surface area contributed by atoms with E-state index in [1.807, 2.05) is 0 Å². The highest BCUT2D eigenvalue weighted by Gasteiger charge is 2.47. The highest BCUT2D eigenvalue weighted by molar-refractivity contribution is 7.97. The fourth-order valence-electron chi connectivity index (χ4n) is 3.11. The first-order chi connectivity index (χ1) is 11.0. The normalized spacial score (nSPS) is 32.1. The van der Waals surface area contributed by atoms with Gasteiger partial charge in [-0.2, -0.15) is 0 Å². The van der Waals surface area contributed by atoms with Gasteiger partial charge in [0.25, 0.3) is 0 Å². The van der Waals surface area contributed by atoms with Gasteiger partial charge in [-0.05, 0) is 18.6 Å². The van der Waals surface area contributed by atoms with Crippen LogP contribution in [0.5, 0.6) is 0 Å². The molecule has 2 fully saturated rings. The van der Waals surface area contributed by atoms with Crippen molar-refractivity contribution in [2.75, 3.05) is 23.0 Å². The highest BCUT2D eigenvalue weighted by Crippen LogP contribution is 2.32. The summed E-state index contributed by atoms with van der Waals surface area (Å²) >= 11 is 6.67. The van der Waals surface area contributed by atoms with E-state index in [9.17, 15) is 25.3 Å². The molecule has 0 aromatic carbocycles. The van der Waals surface area contributed by atoms with E-state index in [0.29, 0.717) is 10.8 Å². The van der Waals surface area contributed by atoms with E-state index in [2.05, 4.69) is 5.32 Å². The zero-order chi connectivity index (χ0) is 17.8. The molecule has 12 heteroatoms. The van der Waals surface area contributed by atoms with E-state index < -0.39 is 52.6 Å². The predicted molar refractivity (Wildman–Crippen MR) is 92.9 cm³/mol. The minimum atomic E-state index is -3.87. The molecule has 1 aromatic rings. The van der Waals surface area contributed by atoms with Crippen LogP contribution in [-0.4, -0.2) is 65.6 Å². The van der Waals surface area contributed by atoms with Crippen LogP contribution in [0.2, 0.25) is 4.34 Å². The first-order valence-electron chi connectivity index (χ1n) is 7.15. The number of rotatable bonds is 4. The highest BCUT2D eigenvalue weighted by atomic mass is 35.5. The predicted octanol–water partition coefficient (Wildman–Crippen LogP) is 0.118. The lowest BCUT2D eigenvalue weighted by Crippen LogP contribution is -2.48. The maximum Gasteiger partial charge on any atom is 0.193 e. The molecule has 24 heavy (non-hydrogen) atoms. The van der Waals surface area contributed by atoms with Gasteiger partial charge in [0.2, 0.25) is 0 Å². The van der Waals surface area contributed by atoms with E-state index in [-0.39, 0.29) is 21.5 Å². The van der Waals surface area contributed by atoms with E-state index in [0.717, 1.165) is 11.3 Å². The van der Waals surface area contributed by atoms with Crippen LogP contribution in [0.25, 0.3) is 0 Å². The molecule has 3 heterocycles. The Morgan fingerprint density at radius 2 is 1.79 bits per heavy atom. The lowest BCUT2D eigenvalue weighted by Gasteiger charge is -2.22. The maximum atomic E-state index is 12.8. The Hall–Kier alpha value is -0.200. The van der Waals surface area contributed by atoms with Crippen LogP contribution in [0, 0.1) is 0 Å². The monoisotopic (exact) mass is 433 g/mol. The Morgan fingerprint density at radius 3 is 2.33 bits per heavy atom. The van der Waals surface area contributed by atoms with Gasteiger partial charge in [-0.1, -0.05) is 11.6 Å². The first-order valence-corrected chi connectivity index (χ1v) is 13.5. The van der Waals surface area contributed by atoms with Crippen LogP contribution in [0.1, 0.15) is 6.42 Å². The number of thiophene rings is 1. The van der Waals surface area contributed by atoms with Crippen LogP contribution < -0.4 is 5.32 Å². The Labute approximate surface area is 150 Å². The minimum absolute atomic E-state index is 0.0282. The molecule has 1 N–H and O–H groups in total. The summed E-state index contributed by atoms with van der Waals surface area (Å²) in [6, 6.07) is 1.58. The van der Waals surface area contributed by atoms with Crippen molar-refractivity contribution in [1.29, 1.82) is 0 Å². The van der Waals surface area contributed by atoms with Crippen molar-refractivity contribution < 1.29 is 25.3 Å². The maximum absolute atomic E-state index is 12.8. The van der Waals surface area contributed by atoms with Gasteiger partial charge in [-0.15, -0.1) is 11.3 Å². The summed E-state index contributed by atoms with van der Waals surface area (Å²) in [6.07, 6.45) is 0.358. The molecule has 2 aliphatic heterocycles. The Balaban J connectivity index is 1.87. The van der Waals surface area contributed by atoms with Gasteiger partial charge < -0.3 is 5.32 Å². The SMILES string of the molecule is O=S1(=O)CCC(N[C@H]2CS(=O)(=O)C[C@@H]2S(=O)(=O)c2ccc(Cl)s2)C1. The Morgan fingerprint density at radius 1 is 1.08 bits per heavy atom. The zero-order valence-corrected chi connectivity index (χ0v) is 16.4. The minimum Gasteiger partial charge on any atom is -0.308 e. The molecule has 0 spiro atoms. The van der Waals surface area contributed by atoms with Crippen molar-refractivity contribution >= 4 is 52.4 Å². The molecule has 0 amide bonds. The van der Waals surface area contributed by atoms with E-state index in [4.69, 9.17) is 11.6 Å². The van der Waals surface area contributed by atoms with Crippen LogP contribution in [0.3, 0.4) is 0 Å². The molecule has 0 aliphatic carbocycles. The summed E-state index contributed by atoms with van der Waals surface area (Å²) in [4.78, 5) is 0. The van der Waals surface area contributed by atoms with E-state index >= 15 is 0 Å². The summed E-state index contributed by atoms with van der Waals surface area (Å²) in [5.41, 5.74) is 0. The number of hydrogen-bond donors (Lipinski definition) is 1. The lowest BCUT2D eigenvalue weighted by molar-refractivity contribution is 0.469. The first kappa shape index (κ1) is 18.6. The molecule has 1 aromatic heterocycles. The fourth-order valence-corrected chi connectivity index (χ4v) is 11.2. The summed E-state index contributed by atoms with van der Waals surface area (Å²) < 4.78 is 73.0. The Kier molecular flexibility index (Phi) is 4.80. The summed E-state index contributed by atoms with van der Waals surface area (Å²) in [5.74, 6) is -0.849. The van der Waals surface area contributed by atoms with E-state index in [1.54, 1.807) is 0 Å². The largest absolute Gasteiger partial charge is 0.308 e. The van der Waals surface area contributed by atoms with Gasteiger partial charge in [-0.3, -0.25) is 0 Å². The molecule has 2 saturated heterocycles. The van der Waals surface area contributed by atoms with Gasteiger partial charge in [0, 0.05) is 12.1 Å². The third kappa shape index (κ3) is 3.80. The van der Waals surface area contributed by atoms with Crippen molar-refractivity contribution in [2.45, 2.75) is 28.0 Å². The van der Waals surface area contributed by atoms with Gasteiger partial charge in [0.1, 0.15) is 4.21 Å². The third-order valence-corrected chi connectivity index (χ3v) is 11.9. The molecule has 0 bridgehead atoms. The second-order valence-electron chi connectivity index (χ2n) is 6.09. The quantitative estimate of drug-likeness (QED) is 0.716. The molecule has 0 saturated carbocycles. The number of hydrogen-bond acceptors (Lipinski definition) is 8. The average molecular weight is 434 g/mol. The molecule has 7 nitrogen and oxygen atoms in total. The second-order valence-corrected chi connectivity index (χ2v) is 14.6. The molecule has 3 atom stereocenters. The van der Waals surface area contributed by atoms with Gasteiger partial charge in [-0.25, -0.2) is 25.3 Å². The van der Waals surface area contributed by atoms with Crippen molar-refractivity contribution in [3.05, 3.63) is 16.5 Å². The van der Waals surface area contributed by atoms with Crippen molar-refractivity contribution in [2.24, 2.45) is 0 Å². The van der Waals surface area contributed by atoms with Crippen LogP contribution in [0.15, 0.2) is 16.3 Å². The number of nitrogens with one attached hydrogen (secondary N) is 1. The molecule has 136 valence electrons. The van der Waals surface area contributed by atoms with Crippen molar-refractivity contribution in [3.8, 4) is 0 Å². The van der Waals surface area contributed by atoms with Gasteiger partial charge in [0.05, 0.1) is 32.6 Å². The molecule has 1 unspecified atom stereocenters. The summed E-state index contributed by atoms with van der Waals surface area (Å²) in [7, 11) is -10.5. The third-order valence-electron chi connectivity index (χ3n) is 4.21. The lowest BCUT2D eigenvalue weighted by atomic mass is 10.2. The summed E-state index contributed by atoms with van der Waals surface area (Å²) in [6.45, 7) is 0. The average Bonchev–Trinajstić information content (AvgIpc) is 3.09. The molecular weight excluding hydrogens is 418 g/mol. The topological polar surface area (TPSA) is 114 Å². The molecule has 3 rings (SSSR count). The van der Waals surface area contributed by atoms with Crippen molar-refractivity contribution in [1.82, 2.24) is 5.32 Å². The number of halogens is 1. The Bertz CT molecular complexity index is 949. The zero-order valence-electron chi connectivity index (χ0n) is 12.4. The molecular formula is C12H16ClNO6S4. The van der Waals surface area contributed by atoms with Crippen LogP contribution in [-0.2, 0) is 29.5 Å². The smallest absolute Gasteiger partial charge is 0.193 e.